The molecule has 0 unspecified atom stereocenters. The van der Waals surface area contributed by atoms with Crippen LogP contribution in [-0.2, 0) is 0 Å². The predicted octanol–water partition coefficient (Wildman–Crippen LogP) is 2.09. The van der Waals surface area contributed by atoms with Crippen LogP contribution in [0.15, 0.2) is 18.2 Å². The molecule has 3 N–H and O–H groups in total. The molecule has 106 valence electrons. The second-order valence-corrected chi connectivity index (χ2v) is 6.30. The van der Waals surface area contributed by atoms with Gasteiger partial charge in [0.25, 0.3) is 0 Å². The van der Waals surface area contributed by atoms with E-state index in [4.69, 9.17) is 0 Å². The Morgan fingerprint density at radius 1 is 1.16 bits per heavy atom. The van der Waals surface area contributed by atoms with Gasteiger partial charge in [-0.05, 0) is 23.6 Å². The molecule has 0 radical (unpaired) electrons. The van der Waals surface area contributed by atoms with Crippen LogP contribution >= 0.6 is 0 Å². The first kappa shape index (κ1) is 14.2. The minimum atomic E-state index is -0.0113. The van der Waals surface area contributed by atoms with Crippen LogP contribution in [0.25, 0.3) is 0 Å². The monoisotopic (exact) mass is 264 g/mol. The van der Waals surface area contributed by atoms with E-state index in [1.165, 1.54) is 6.07 Å². The first-order valence-electron chi connectivity index (χ1n) is 6.86. The number of hydrogen-bond acceptors (Lipinski definition) is 4. The Morgan fingerprint density at radius 2 is 1.79 bits per heavy atom. The molecule has 1 aromatic rings. The smallest absolute Gasteiger partial charge is 0.120 e. The second-order valence-electron chi connectivity index (χ2n) is 6.30. The van der Waals surface area contributed by atoms with Gasteiger partial charge >= 0.3 is 0 Å². The largest absolute Gasteiger partial charge is 0.508 e. The molecule has 1 atom stereocenters. The van der Waals surface area contributed by atoms with E-state index in [1.807, 2.05) is 0 Å². The quantitative estimate of drug-likeness (QED) is 0.716. The average Bonchev–Trinajstić information content (AvgIpc) is 2.33. The first-order valence-corrected chi connectivity index (χ1v) is 6.86. The summed E-state index contributed by atoms with van der Waals surface area (Å²) < 4.78 is 0. The Hall–Kier alpha value is -1.26. The topological polar surface area (TPSA) is 55.7 Å². The lowest BCUT2D eigenvalue weighted by molar-refractivity contribution is 0.0841. The molecule has 0 spiro atoms. The Balaban J connectivity index is 2.39. The fourth-order valence-electron chi connectivity index (χ4n) is 2.91. The van der Waals surface area contributed by atoms with Crippen LogP contribution in [0.1, 0.15) is 32.4 Å². The van der Waals surface area contributed by atoms with Crippen LogP contribution < -0.4 is 5.32 Å². The van der Waals surface area contributed by atoms with Gasteiger partial charge in [-0.3, -0.25) is 4.90 Å². The van der Waals surface area contributed by atoms with Crippen LogP contribution in [0.5, 0.6) is 11.5 Å². The van der Waals surface area contributed by atoms with Crippen LogP contribution in [0.4, 0.5) is 0 Å². The molecule has 1 aliphatic heterocycles. The summed E-state index contributed by atoms with van der Waals surface area (Å²) in [4.78, 5) is 2.38. The highest BCUT2D eigenvalue weighted by molar-refractivity contribution is 5.41. The summed E-state index contributed by atoms with van der Waals surface area (Å²) in [5, 5.41) is 23.2. The van der Waals surface area contributed by atoms with Gasteiger partial charge in [0.1, 0.15) is 11.5 Å². The van der Waals surface area contributed by atoms with Gasteiger partial charge in [0, 0.05) is 37.8 Å². The SMILES string of the molecule is CC(C)(C)[C@@H](c1cc(O)ccc1O)N1CCNCC1. The van der Waals surface area contributed by atoms with Crippen molar-refractivity contribution in [3.05, 3.63) is 23.8 Å². The maximum absolute atomic E-state index is 10.1. The lowest BCUT2D eigenvalue weighted by Gasteiger charge is -2.42. The predicted molar refractivity (Wildman–Crippen MR) is 76.4 cm³/mol. The van der Waals surface area contributed by atoms with Crippen LogP contribution in [0.2, 0.25) is 0 Å². The van der Waals surface area contributed by atoms with Gasteiger partial charge in [0.05, 0.1) is 0 Å². The second kappa shape index (κ2) is 5.39. The molecule has 0 amide bonds. The molecule has 0 saturated carbocycles. The summed E-state index contributed by atoms with van der Waals surface area (Å²) in [5.41, 5.74) is 0.803. The molecule has 2 rings (SSSR count). The highest BCUT2D eigenvalue weighted by Crippen LogP contribution is 2.42. The van der Waals surface area contributed by atoms with Crippen molar-refractivity contribution in [1.82, 2.24) is 10.2 Å². The number of phenols is 2. The summed E-state index contributed by atoms with van der Waals surface area (Å²) >= 11 is 0. The maximum Gasteiger partial charge on any atom is 0.120 e. The van der Waals surface area contributed by atoms with E-state index in [2.05, 4.69) is 31.0 Å². The molecule has 1 aromatic carbocycles. The number of aromatic hydroxyl groups is 2. The van der Waals surface area contributed by atoms with Crippen molar-refractivity contribution in [1.29, 1.82) is 0 Å². The molecule has 1 saturated heterocycles. The third-order valence-corrected chi connectivity index (χ3v) is 3.64. The summed E-state index contributed by atoms with van der Waals surface area (Å²) in [6, 6.07) is 4.89. The number of rotatable bonds is 2. The molecule has 19 heavy (non-hydrogen) atoms. The van der Waals surface area contributed by atoms with Crippen molar-refractivity contribution in [2.75, 3.05) is 26.2 Å². The molecule has 1 aliphatic rings. The number of nitrogens with zero attached hydrogens (tertiary/aromatic N) is 1. The highest BCUT2D eigenvalue weighted by Gasteiger charge is 2.34. The van der Waals surface area contributed by atoms with Crippen LogP contribution in [0, 0.1) is 5.41 Å². The molecular weight excluding hydrogens is 240 g/mol. The van der Waals surface area contributed by atoms with Gasteiger partial charge < -0.3 is 15.5 Å². The molecule has 0 bridgehead atoms. The van der Waals surface area contributed by atoms with Crippen molar-refractivity contribution < 1.29 is 10.2 Å². The molecule has 4 heteroatoms. The van der Waals surface area contributed by atoms with E-state index < -0.39 is 0 Å². The Kier molecular flexibility index (Phi) is 4.02. The Morgan fingerprint density at radius 3 is 2.37 bits per heavy atom. The number of hydrogen-bond donors (Lipinski definition) is 3. The lowest BCUT2D eigenvalue weighted by Crippen LogP contribution is -2.48. The summed E-state index contributed by atoms with van der Waals surface area (Å²) in [7, 11) is 0. The van der Waals surface area contributed by atoms with Crippen molar-refractivity contribution >= 4 is 0 Å². The van der Waals surface area contributed by atoms with Gasteiger partial charge in [-0.2, -0.15) is 0 Å². The minimum absolute atomic E-state index is 0.0113. The fourth-order valence-corrected chi connectivity index (χ4v) is 2.91. The molecule has 0 aliphatic carbocycles. The summed E-state index contributed by atoms with van der Waals surface area (Å²) in [6.07, 6.45) is 0. The first-order chi connectivity index (χ1) is 8.89. The van der Waals surface area contributed by atoms with E-state index in [0.717, 1.165) is 31.7 Å². The van der Waals surface area contributed by atoms with E-state index in [-0.39, 0.29) is 23.0 Å². The third-order valence-electron chi connectivity index (χ3n) is 3.64. The highest BCUT2D eigenvalue weighted by atomic mass is 16.3. The van der Waals surface area contributed by atoms with Crippen molar-refractivity contribution in [3.63, 3.8) is 0 Å². The molecule has 4 nitrogen and oxygen atoms in total. The van der Waals surface area contributed by atoms with E-state index in [0.29, 0.717) is 0 Å². The zero-order valence-electron chi connectivity index (χ0n) is 12.0. The minimum Gasteiger partial charge on any atom is -0.508 e. The van der Waals surface area contributed by atoms with E-state index in [1.54, 1.807) is 12.1 Å². The molecular formula is C15H24N2O2. The molecule has 0 aromatic heterocycles. The van der Waals surface area contributed by atoms with Gasteiger partial charge in [-0.25, -0.2) is 0 Å². The van der Waals surface area contributed by atoms with Gasteiger partial charge in [-0.15, -0.1) is 0 Å². The van der Waals surface area contributed by atoms with Gasteiger partial charge in [0.2, 0.25) is 0 Å². The van der Waals surface area contributed by atoms with E-state index in [9.17, 15) is 10.2 Å². The lowest BCUT2D eigenvalue weighted by atomic mass is 9.80. The van der Waals surface area contributed by atoms with Gasteiger partial charge in [-0.1, -0.05) is 20.8 Å². The Labute approximate surface area is 115 Å². The Bertz CT molecular complexity index is 434. The summed E-state index contributed by atoms with van der Waals surface area (Å²) in [6.45, 7) is 10.3. The number of nitrogens with one attached hydrogen (secondary N) is 1. The number of piperazine rings is 1. The molecule has 1 heterocycles. The van der Waals surface area contributed by atoms with E-state index >= 15 is 0 Å². The van der Waals surface area contributed by atoms with Gasteiger partial charge in [0.15, 0.2) is 0 Å². The van der Waals surface area contributed by atoms with Crippen LogP contribution in [-0.4, -0.2) is 41.3 Å². The van der Waals surface area contributed by atoms with Crippen molar-refractivity contribution in [3.8, 4) is 11.5 Å². The van der Waals surface area contributed by atoms with Crippen molar-refractivity contribution in [2.45, 2.75) is 26.8 Å². The van der Waals surface area contributed by atoms with Crippen LogP contribution in [0.3, 0.4) is 0 Å². The zero-order valence-corrected chi connectivity index (χ0v) is 12.0. The fraction of sp³-hybridized carbons (Fsp3) is 0.600. The normalized spacial score (nSPS) is 19.3. The summed E-state index contributed by atoms with van der Waals surface area (Å²) in [5.74, 6) is 0.466. The maximum atomic E-state index is 10.1. The average molecular weight is 264 g/mol. The van der Waals surface area contributed by atoms with Crippen molar-refractivity contribution in [2.24, 2.45) is 5.41 Å². The third kappa shape index (κ3) is 3.19. The standard InChI is InChI=1S/C15H24N2O2/c1-15(2,3)14(17-8-6-16-7-9-17)12-10-11(18)4-5-13(12)19/h4-5,10,14,16,18-19H,6-9H2,1-3H3/t14-/m1/s1. The number of phenolic OH excluding ortho intramolecular Hbond substituents is 2. The number of benzene rings is 1. The molecule has 1 fully saturated rings. The zero-order chi connectivity index (χ0) is 14.0.